The van der Waals surface area contributed by atoms with Gasteiger partial charge in [-0.2, -0.15) is 0 Å². The van der Waals surface area contributed by atoms with Crippen LogP contribution in [0, 0.1) is 10.8 Å². The standard InChI is InChI=1S/C40H76O4/c1-3-5-7-9-11-13-15-17-19-21-23-25-27-29-33-39(37(41)42)35-31-32-36-40(39,38(43)44)34-30-28-26-24-22-20-18-16-14-12-10-8-6-4-2/h3-36H2,1-2H3,(H,41,42)(H,43,44). The normalized spacial score (nSPS) is 20.2. The molecule has 0 radical (unpaired) electrons. The lowest BCUT2D eigenvalue weighted by Gasteiger charge is -2.49. The number of aliphatic carboxylic acids is 2. The highest BCUT2D eigenvalue weighted by Gasteiger charge is 2.61. The van der Waals surface area contributed by atoms with E-state index in [9.17, 15) is 19.8 Å². The fourth-order valence-corrected chi connectivity index (χ4v) is 8.14. The molecule has 0 heterocycles. The molecule has 4 nitrogen and oxygen atoms in total. The van der Waals surface area contributed by atoms with Crippen molar-refractivity contribution in [3.63, 3.8) is 0 Å². The lowest BCUT2D eigenvalue weighted by molar-refractivity contribution is -0.182. The van der Waals surface area contributed by atoms with Gasteiger partial charge < -0.3 is 10.2 Å². The van der Waals surface area contributed by atoms with Gasteiger partial charge in [-0.15, -0.1) is 0 Å². The molecule has 2 N–H and O–H groups in total. The third-order valence-electron chi connectivity index (χ3n) is 11.1. The molecule has 2 atom stereocenters. The molecule has 0 saturated heterocycles. The summed E-state index contributed by atoms with van der Waals surface area (Å²) in [6.07, 6.45) is 39.4. The van der Waals surface area contributed by atoms with E-state index in [1.165, 1.54) is 141 Å². The second kappa shape index (κ2) is 27.1. The number of rotatable bonds is 32. The maximum absolute atomic E-state index is 12.8. The number of carbonyl (C=O) groups is 2. The summed E-state index contributed by atoms with van der Waals surface area (Å²) in [5, 5.41) is 21.1. The Kier molecular flexibility index (Phi) is 25.2. The van der Waals surface area contributed by atoms with Crippen molar-refractivity contribution < 1.29 is 19.8 Å². The largest absolute Gasteiger partial charge is 0.481 e. The van der Waals surface area contributed by atoms with Gasteiger partial charge in [0.15, 0.2) is 0 Å². The zero-order valence-electron chi connectivity index (χ0n) is 29.8. The van der Waals surface area contributed by atoms with Crippen molar-refractivity contribution in [2.75, 3.05) is 0 Å². The number of hydrogen-bond donors (Lipinski definition) is 2. The maximum Gasteiger partial charge on any atom is 0.310 e. The molecular weight excluding hydrogens is 544 g/mol. The van der Waals surface area contributed by atoms with Gasteiger partial charge in [0.05, 0.1) is 10.8 Å². The number of carboxylic acid groups (broad SMARTS) is 2. The van der Waals surface area contributed by atoms with Crippen molar-refractivity contribution in [2.45, 2.75) is 232 Å². The van der Waals surface area contributed by atoms with Crippen LogP contribution in [0.25, 0.3) is 0 Å². The van der Waals surface area contributed by atoms with Gasteiger partial charge >= 0.3 is 11.9 Å². The van der Waals surface area contributed by atoms with Crippen LogP contribution < -0.4 is 0 Å². The Balaban J connectivity index is 2.32. The molecule has 0 spiro atoms. The zero-order chi connectivity index (χ0) is 32.2. The Morgan fingerprint density at radius 2 is 0.591 bits per heavy atom. The summed E-state index contributed by atoms with van der Waals surface area (Å²) in [5.74, 6) is -1.70. The highest BCUT2D eigenvalue weighted by Crippen LogP contribution is 2.57. The molecule has 4 heteroatoms. The van der Waals surface area contributed by atoms with Gasteiger partial charge in [0.2, 0.25) is 0 Å². The highest BCUT2D eigenvalue weighted by atomic mass is 16.4. The predicted molar refractivity (Wildman–Crippen MR) is 188 cm³/mol. The lowest BCUT2D eigenvalue weighted by atomic mass is 9.52. The van der Waals surface area contributed by atoms with E-state index < -0.39 is 22.8 Å². The molecule has 0 aromatic rings. The average molecular weight is 621 g/mol. The summed E-state index contributed by atoms with van der Waals surface area (Å²) >= 11 is 0. The van der Waals surface area contributed by atoms with Crippen LogP contribution >= 0.6 is 0 Å². The molecule has 0 aromatic heterocycles. The van der Waals surface area contributed by atoms with Crippen LogP contribution in [0.3, 0.4) is 0 Å². The van der Waals surface area contributed by atoms with Crippen molar-refractivity contribution in [1.29, 1.82) is 0 Å². The van der Waals surface area contributed by atoms with Crippen LogP contribution in [-0.4, -0.2) is 22.2 Å². The summed E-state index contributed by atoms with van der Waals surface area (Å²) < 4.78 is 0. The molecule has 1 fully saturated rings. The van der Waals surface area contributed by atoms with Crippen LogP contribution in [0.15, 0.2) is 0 Å². The molecule has 0 aromatic carbocycles. The maximum atomic E-state index is 12.8. The third kappa shape index (κ3) is 16.5. The van der Waals surface area contributed by atoms with Crippen molar-refractivity contribution in [3.8, 4) is 0 Å². The zero-order valence-corrected chi connectivity index (χ0v) is 29.8. The lowest BCUT2D eigenvalue weighted by Crippen LogP contribution is -2.54. The van der Waals surface area contributed by atoms with Gasteiger partial charge in [-0.1, -0.05) is 206 Å². The molecule has 1 aliphatic carbocycles. The number of unbranched alkanes of at least 4 members (excludes halogenated alkanes) is 26. The minimum absolute atomic E-state index is 0.533. The van der Waals surface area contributed by atoms with Crippen molar-refractivity contribution in [3.05, 3.63) is 0 Å². The van der Waals surface area contributed by atoms with E-state index >= 15 is 0 Å². The molecule has 1 aliphatic rings. The second-order valence-corrected chi connectivity index (χ2v) is 14.7. The third-order valence-corrected chi connectivity index (χ3v) is 11.1. The molecule has 44 heavy (non-hydrogen) atoms. The summed E-state index contributed by atoms with van der Waals surface area (Å²) in [5.41, 5.74) is -2.19. The van der Waals surface area contributed by atoms with Gasteiger partial charge in [0, 0.05) is 0 Å². The van der Waals surface area contributed by atoms with Gasteiger partial charge in [0.1, 0.15) is 0 Å². The first-order valence-corrected chi connectivity index (χ1v) is 19.9. The molecule has 1 saturated carbocycles. The van der Waals surface area contributed by atoms with E-state index in [4.69, 9.17) is 0 Å². The Morgan fingerprint density at radius 3 is 0.795 bits per heavy atom. The fourth-order valence-electron chi connectivity index (χ4n) is 8.14. The van der Waals surface area contributed by atoms with Gasteiger partial charge in [-0.25, -0.2) is 0 Å². The van der Waals surface area contributed by atoms with E-state index in [0.29, 0.717) is 25.7 Å². The average Bonchev–Trinajstić information content (AvgIpc) is 3.01. The Bertz CT molecular complexity index is 633. The quantitative estimate of drug-likeness (QED) is 0.0734. The van der Waals surface area contributed by atoms with E-state index in [1.54, 1.807) is 0 Å². The molecule has 0 bridgehead atoms. The molecule has 2 unspecified atom stereocenters. The van der Waals surface area contributed by atoms with E-state index in [2.05, 4.69) is 13.8 Å². The van der Waals surface area contributed by atoms with Crippen LogP contribution in [-0.2, 0) is 9.59 Å². The van der Waals surface area contributed by atoms with Crippen molar-refractivity contribution >= 4 is 11.9 Å². The second-order valence-electron chi connectivity index (χ2n) is 14.7. The minimum Gasteiger partial charge on any atom is -0.481 e. The topological polar surface area (TPSA) is 74.6 Å². The van der Waals surface area contributed by atoms with Gasteiger partial charge in [0.25, 0.3) is 0 Å². The van der Waals surface area contributed by atoms with Crippen molar-refractivity contribution in [1.82, 2.24) is 0 Å². The summed E-state index contributed by atoms with van der Waals surface area (Å²) in [4.78, 5) is 25.7. The Hall–Kier alpha value is -1.06. The van der Waals surface area contributed by atoms with Gasteiger partial charge in [-0.05, 0) is 25.7 Å². The van der Waals surface area contributed by atoms with Crippen LogP contribution in [0.4, 0.5) is 0 Å². The highest BCUT2D eigenvalue weighted by molar-refractivity contribution is 5.87. The van der Waals surface area contributed by atoms with E-state index in [1.807, 2.05) is 0 Å². The number of hydrogen-bond acceptors (Lipinski definition) is 2. The van der Waals surface area contributed by atoms with Crippen molar-refractivity contribution in [2.24, 2.45) is 10.8 Å². The first-order chi connectivity index (χ1) is 21.5. The summed E-state index contributed by atoms with van der Waals surface area (Å²) in [6, 6.07) is 0. The number of carboxylic acids is 2. The smallest absolute Gasteiger partial charge is 0.310 e. The van der Waals surface area contributed by atoms with Crippen LogP contribution in [0.1, 0.15) is 232 Å². The fraction of sp³-hybridized carbons (Fsp3) is 0.950. The predicted octanol–water partition coefficient (Wildman–Crippen LogP) is 13.4. The van der Waals surface area contributed by atoms with E-state index in [0.717, 1.165) is 51.4 Å². The summed E-state index contributed by atoms with van der Waals surface area (Å²) in [7, 11) is 0. The first-order valence-electron chi connectivity index (χ1n) is 19.9. The Labute approximate surface area is 274 Å². The SMILES string of the molecule is CCCCCCCCCCCCCCCCC1(C(=O)O)CCCCC1(CCCCCCCCCCCCCCCC)C(=O)O. The van der Waals surface area contributed by atoms with Crippen LogP contribution in [0.5, 0.6) is 0 Å². The minimum atomic E-state index is -1.09. The summed E-state index contributed by atoms with van der Waals surface area (Å²) in [6.45, 7) is 4.54. The molecule has 0 amide bonds. The monoisotopic (exact) mass is 621 g/mol. The molecule has 1 rings (SSSR count). The van der Waals surface area contributed by atoms with E-state index in [-0.39, 0.29) is 0 Å². The van der Waals surface area contributed by atoms with Gasteiger partial charge in [-0.3, -0.25) is 9.59 Å². The first kappa shape index (κ1) is 41.0. The molecular formula is C40H76O4. The molecule has 0 aliphatic heterocycles. The van der Waals surface area contributed by atoms with Crippen LogP contribution in [0.2, 0.25) is 0 Å². The molecule has 260 valence electrons. The Morgan fingerprint density at radius 1 is 0.386 bits per heavy atom.